The largest absolute Gasteiger partial charge is 0.480 e. The van der Waals surface area contributed by atoms with Crippen LogP contribution in [0.1, 0.15) is 12.5 Å². The molecule has 0 bridgehead atoms. The third-order valence-electron chi connectivity index (χ3n) is 4.80. The van der Waals surface area contributed by atoms with Gasteiger partial charge in [0, 0.05) is 28.8 Å². The Morgan fingerprint density at radius 3 is 2.46 bits per heavy atom. The van der Waals surface area contributed by atoms with Crippen LogP contribution in [0.2, 0.25) is 0 Å². The van der Waals surface area contributed by atoms with E-state index in [1.165, 1.54) is 61.8 Å². The first-order chi connectivity index (χ1) is 16.5. The summed E-state index contributed by atoms with van der Waals surface area (Å²) in [6.45, 7) is 1.44. The monoisotopic (exact) mass is 522 g/mol. The van der Waals surface area contributed by atoms with E-state index in [0.29, 0.717) is 5.69 Å². The maximum absolute atomic E-state index is 13.3. The van der Waals surface area contributed by atoms with Crippen molar-refractivity contribution >= 4 is 49.0 Å². The Balaban J connectivity index is 1.46. The highest BCUT2D eigenvalue weighted by molar-refractivity contribution is 7.93. The third-order valence-corrected chi connectivity index (χ3v) is 6.97. The average Bonchev–Trinajstić information content (AvgIpc) is 3.31. The van der Waals surface area contributed by atoms with Crippen molar-refractivity contribution in [2.24, 2.45) is 0 Å². The lowest BCUT2D eigenvalue weighted by Crippen LogP contribution is -2.30. The molecule has 0 fully saturated rings. The molecule has 0 radical (unpaired) electrons. The number of anilines is 2. The van der Waals surface area contributed by atoms with E-state index in [1.807, 2.05) is 0 Å². The number of rotatable bonds is 7. The number of benzene rings is 2. The van der Waals surface area contributed by atoms with Gasteiger partial charge in [-0.2, -0.15) is 13.2 Å². The Morgan fingerprint density at radius 2 is 1.80 bits per heavy atom. The van der Waals surface area contributed by atoms with Crippen LogP contribution in [-0.2, 0) is 21.0 Å². The number of alkyl halides is 3. The molecule has 0 saturated carbocycles. The van der Waals surface area contributed by atoms with Crippen molar-refractivity contribution in [3.05, 3.63) is 71.9 Å². The van der Waals surface area contributed by atoms with Gasteiger partial charge in [-0.1, -0.05) is 6.07 Å². The van der Waals surface area contributed by atoms with Gasteiger partial charge in [0.2, 0.25) is 0 Å². The van der Waals surface area contributed by atoms with Gasteiger partial charge in [-0.05, 0) is 49.4 Å². The molecule has 2 aromatic carbocycles. The molecule has 0 saturated heterocycles. The molecule has 1 atom stereocenters. The SMILES string of the molecule is CC(Oc1ccnc2c(C(F)(F)F)cccc12)C(=O)Nc1ccc(S(=O)(=O)Nc2nccs2)cc1. The number of hydrogen-bond acceptors (Lipinski definition) is 7. The molecular formula is C22H17F3N4O4S2. The Bertz CT molecular complexity index is 1460. The summed E-state index contributed by atoms with van der Waals surface area (Å²) in [7, 11) is -3.85. The molecule has 0 spiro atoms. The van der Waals surface area contributed by atoms with Crippen molar-refractivity contribution in [2.45, 2.75) is 24.1 Å². The summed E-state index contributed by atoms with van der Waals surface area (Å²) in [4.78, 5) is 20.3. The van der Waals surface area contributed by atoms with Crippen LogP contribution in [0.4, 0.5) is 24.0 Å². The number of carbonyl (C=O) groups is 1. The van der Waals surface area contributed by atoms with Gasteiger partial charge in [-0.3, -0.25) is 14.5 Å². The van der Waals surface area contributed by atoms with Gasteiger partial charge in [0.25, 0.3) is 15.9 Å². The molecule has 35 heavy (non-hydrogen) atoms. The van der Waals surface area contributed by atoms with Crippen molar-refractivity contribution in [3.63, 3.8) is 0 Å². The zero-order valence-electron chi connectivity index (χ0n) is 17.9. The molecule has 2 aromatic heterocycles. The molecule has 0 aliphatic carbocycles. The number of thiazole rings is 1. The molecule has 4 aromatic rings. The van der Waals surface area contributed by atoms with E-state index in [-0.39, 0.29) is 26.7 Å². The number of pyridine rings is 1. The minimum atomic E-state index is -4.59. The number of carbonyl (C=O) groups excluding carboxylic acids is 1. The first-order valence-corrected chi connectivity index (χ1v) is 12.4. The van der Waals surface area contributed by atoms with Crippen molar-refractivity contribution in [2.75, 3.05) is 10.0 Å². The second-order valence-corrected chi connectivity index (χ2v) is 9.80. The molecule has 0 aliphatic heterocycles. The Labute approximate surface area is 201 Å². The molecule has 4 rings (SSSR count). The van der Waals surface area contributed by atoms with E-state index in [2.05, 4.69) is 20.0 Å². The molecule has 1 amide bonds. The first-order valence-electron chi connectivity index (χ1n) is 9.99. The number of sulfonamides is 1. The van der Waals surface area contributed by atoms with E-state index in [4.69, 9.17) is 4.74 Å². The molecule has 8 nitrogen and oxygen atoms in total. The topological polar surface area (TPSA) is 110 Å². The highest BCUT2D eigenvalue weighted by Crippen LogP contribution is 2.36. The van der Waals surface area contributed by atoms with Gasteiger partial charge < -0.3 is 10.1 Å². The molecule has 1 unspecified atom stereocenters. The second kappa shape index (κ2) is 9.50. The predicted octanol–water partition coefficient (Wildman–Crippen LogP) is 4.92. The predicted molar refractivity (Wildman–Crippen MR) is 125 cm³/mol. The number of ether oxygens (including phenoxy) is 1. The van der Waals surface area contributed by atoms with Gasteiger partial charge in [0.05, 0.1) is 16.0 Å². The van der Waals surface area contributed by atoms with Crippen LogP contribution in [0.15, 0.2) is 71.2 Å². The number of halogens is 3. The van der Waals surface area contributed by atoms with Crippen LogP contribution in [-0.4, -0.2) is 30.4 Å². The van der Waals surface area contributed by atoms with Crippen molar-refractivity contribution in [3.8, 4) is 5.75 Å². The quantitative estimate of drug-likeness (QED) is 0.357. The van der Waals surface area contributed by atoms with E-state index >= 15 is 0 Å². The van der Waals surface area contributed by atoms with E-state index in [9.17, 15) is 26.4 Å². The number of para-hydroxylation sites is 1. The van der Waals surface area contributed by atoms with Crippen LogP contribution < -0.4 is 14.8 Å². The zero-order valence-corrected chi connectivity index (χ0v) is 19.5. The molecule has 182 valence electrons. The van der Waals surface area contributed by atoms with Crippen molar-refractivity contribution in [1.29, 1.82) is 0 Å². The van der Waals surface area contributed by atoms with E-state index < -0.39 is 33.8 Å². The Morgan fingerprint density at radius 1 is 1.06 bits per heavy atom. The van der Waals surface area contributed by atoms with Gasteiger partial charge in [0.1, 0.15) is 5.75 Å². The lowest BCUT2D eigenvalue weighted by molar-refractivity contribution is -0.136. The maximum Gasteiger partial charge on any atom is 0.418 e. The molecule has 13 heteroatoms. The number of aromatic nitrogens is 2. The number of hydrogen-bond donors (Lipinski definition) is 2. The van der Waals surface area contributed by atoms with Gasteiger partial charge >= 0.3 is 6.18 Å². The minimum absolute atomic E-state index is 0.0290. The highest BCUT2D eigenvalue weighted by Gasteiger charge is 2.33. The number of nitrogens with zero attached hydrogens (tertiary/aromatic N) is 2. The molecular weight excluding hydrogens is 505 g/mol. The lowest BCUT2D eigenvalue weighted by Gasteiger charge is -2.17. The van der Waals surface area contributed by atoms with Crippen LogP contribution in [0, 0.1) is 0 Å². The normalized spacial score (nSPS) is 12.8. The van der Waals surface area contributed by atoms with Crippen LogP contribution in [0.3, 0.4) is 0 Å². The second-order valence-electron chi connectivity index (χ2n) is 7.23. The molecule has 0 aliphatic rings. The Kier molecular flexibility index (Phi) is 6.63. The summed E-state index contributed by atoms with van der Waals surface area (Å²) >= 11 is 1.13. The number of amides is 1. The lowest BCUT2D eigenvalue weighted by atomic mass is 10.1. The van der Waals surface area contributed by atoms with Gasteiger partial charge in [-0.15, -0.1) is 11.3 Å². The number of fused-ring (bicyclic) bond motifs is 1. The van der Waals surface area contributed by atoms with Crippen LogP contribution in [0.5, 0.6) is 5.75 Å². The Hall–Kier alpha value is -3.71. The van der Waals surface area contributed by atoms with Gasteiger partial charge in [-0.25, -0.2) is 13.4 Å². The van der Waals surface area contributed by atoms with Crippen LogP contribution in [0.25, 0.3) is 10.9 Å². The van der Waals surface area contributed by atoms with Gasteiger partial charge in [0.15, 0.2) is 11.2 Å². The zero-order chi connectivity index (χ0) is 25.2. The summed E-state index contributed by atoms with van der Waals surface area (Å²) in [6, 6.07) is 10.4. The van der Waals surface area contributed by atoms with Crippen molar-refractivity contribution in [1.82, 2.24) is 9.97 Å². The maximum atomic E-state index is 13.3. The van der Waals surface area contributed by atoms with Crippen molar-refractivity contribution < 1.29 is 31.1 Å². The van der Waals surface area contributed by atoms with E-state index in [1.54, 1.807) is 5.38 Å². The fourth-order valence-corrected chi connectivity index (χ4v) is 4.92. The third kappa shape index (κ3) is 5.52. The summed E-state index contributed by atoms with van der Waals surface area (Å²) < 4.78 is 72.7. The number of nitrogens with one attached hydrogen (secondary N) is 2. The summed E-state index contributed by atoms with van der Waals surface area (Å²) in [5, 5.41) is 4.55. The summed E-state index contributed by atoms with van der Waals surface area (Å²) in [6.07, 6.45) is -3.03. The molecule has 2 N–H and O–H groups in total. The standard InChI is InChI=1S/C22H17F3N4O4S2/c1-13(33-18-9-10-26-19-16(18)3-2-4-17(19)22(23,24)25)20(30)28-14-5-7-15(8-6-14)35(31,32)29-21-27-11-12-34-21/h2-13H,1H3,(H,27,29)(H,28,30). The smallest absolute Gasteiger partial charge is 0.418 e. The molecule has 2 heterocycles. The summed E-state index contributed by atoms with van der Waals surface area (Å²) in [5.74, 6) is -0.517. The fraction of sp³-hybridized carbons (Fsp3) is 0.136. The van der Waals surface area contributed by atoms with E-state index in [0.717, 1.165) is 17.4 Å². The fourth-order valence-electron chi connectivity index (χ4n) is 3.14. The first kappa shape index (κ1) is 24.4. The summed E-state index contributed by atoms with van der Waals surface area (Å²) in [5.41, 5.74) is -0.886. The minimum Gasteiger partial charge on any atom is -0.480 e. The average molecular weight is 523 g/mol. The highest BCUT2D eigenvalue weighted by atomic mass is 32.2. The van der Waals surface area contributed by atoms with Crippen LogP contribution >= 0.6 is 11.3 Å².